The van der Waals surface area contributed by atoms with E-state index in [1.807, 2.05) is 0 Å². The number of benzene rings is 2. The summed E-state index contributed by atoms with van der Waals surface area (Å²) in [5.74, 6) is -1.30. The second-order valence-corrected chi connectivity index (χ2v) is 5.80. The van der Waals surface area contributed by atoms with Gasteiger partial charge in [-0.05, 0) is 35.9 Å². The second-order valence-electron chi connectivity index (χ2n) is 5.36. The van der Waals surface area contributed by atoms with E-state index in [1.54, 1.807) is 54.6 Å². The van der Waals surface area contributed by atoms with Crippen molar-refractivity contribution in [3.05, 3.63) is 76.3 Å². The quantitative estimate of drug-likeness (QED) is 0.469. The van der Waals surface area contributed by atoms with Crippen molar-refractivity contribution in [3.63, 3.8) is 0 Å². The number of ether oxygens (including phenoxy) is 1. The third-order valence-electron chi connectivity index (χ3n) is 3.70. The van der Waals surface area contributed by atoms with E-state index in [9.17, 15) is 14.4 Å². The van der Waals surface area contributed by atoms with Crippen LogP contribution in [0.3, 0.4) is 0 Å². The Balaban J connectivity index is 1.53. The number of fused-ring (bicyclic) bond motifs is 1. The fourth-order valence-electron chi connectivity index (χ4n) is 2.50. The van der Waals surface area contributed by atoms with Gasteiger partial charge in [0.25, 0.3) is 11.8 Å². The van der Waals surface area contributed by atoms with E-state index in [4.69, 9.17) is 16.3 Å². The van der Waals surface area contributed by atoms with Gasteiger partial charge in [0.2, 0.25) is 0 Å². The Labute approximate surface area is 149 Å². The molecule has 5 nitrogen and oxygen atoms in total. The number of carbonyl (C=O) groups is 3. The summed E-state index contributed by atoms with van der Waals surface area (Å²) in [6, 6.07) is 13.6. The zero-order valence-corrected chi connectivity index (χ0v) is 13.9. The van der Waals surface area contributed by atoms with Crippen LogP contribution < -0.4 is 0 Å². The molecule has 0 N–H and O–H groups in total. The minimum atomic E-state index is -0.559. The fraction of sp³-hybridized carbons (Fsp3) is 0.105. The molecule has 0 aliphatic carbocycles. The van der Waals surface area contributed by atoms with E-state index in [2.05, 4.69) is 0 Å². The third-order valence-corrected chi connectivity index (χ3v) is 3.93. The summed E-state index contributed by atoms with van der Waals surface area (Å²) in [6.45, 7) is -0.0483. The zero-order chi connectivity index (χ0) is 17.8. The molecule has 0 bridgehead atoms. The minimum absolute atomic E-state index is 0.0170. The standard InChI is InChI=1S/C19H14ClNO4/c20-14-5-3-4-13(12-14)8-9-17(22)25-11-10-21-18(23)15-6-1-2-7-16(15)19(21)24/h1-9,12H,10-11H2/b9-8+. The molecule has 0 fully saturated rings. The molecule has 1 heterocycles. The number of imide groups is 1. The van der Waals surface area contributed by atoms with Crippen molar-refractivity contribution in [3.8, 4) is 0 Å². The maximum absolute atomic E-state index is 12.2. The van der Waals surface area contributed by atoms with E-state index in [1.165, 1.54) is 6.08 Å². The molecule has 0 aromatic heterocycles. The van der Waals surface area contributed by atoms with Crippen LogP contribution in [-0.2, 0) is 9.53 Å². The third kappa shape index (κ3) is 3.78. The first-order valence-corrected chi connectivity index (χ1v) is 7.99. The minimum Gasteiger partial charge on any atom is -0.461 e. The van der Waals surface area contributed by atoms with Crippen LogP contribution in [0.1, 0.15) is 26.3 Å². The van der Waals surface area contributed by atoms with E-state index in [0.717, 1.165) is 10.5 Å². The lowest BCUT2D eigenvalue weighted by Gasteiger charge is -2.13. The molecule has 0 saturated carbocycles. The molecule has 2 aromatic rings. The Hall–Kier alpha value is -2.92. The summed E-state index contributed by atoms with van der Waals surface area (Å²) < 4.78 is 5.05. The number of esters is 1. The predicted octanol–water partition coefficient (Wildman–Crippen LogP) is 3.19. The summed E-state index contributed by atoms with van der Waals surface area (Å²) in [5.41, 5.74) is 1.52. The highest BCUT2D eigenvalue weighted by molar-refractivity contribution is 6.30. The van der Waals surface area contributed by atoms with Crippen LogP contribution in [0.25, 0.3) is 6.08 Å². The highest BCUT2D eigenvalue weighted by Gasteiger charge is 2.34. The van der Waals surface area contributed by atoms with Gasteiger partial charge in [-0.1, -0.05) is 35.9 Å². The van der Waals surface area contributed by atoms with E-state index >= 15 is 0 Å². The molecule has 25 heavy (non-hydrogen) atoms. The van der Waals surface area contributed by atoms with Gasteiger partial charge in [-0.15, -0.1) is 0 Å². The van der Waals surface area contributed by atoms with Gasteiger partial charge in [-0.2, -0.15) is 0 Å². The number of amides is 2. The molecule has 2 amide bonds. The first-order valence-electron chi connectivity index (χ1n) is 7.62. The summed E-state index contributed by atoms with van der Waals surface area (Å²) in [5, 5.41) is 0.571. The van der Waals surface area contributed by atoms with Crippen molar-refractivity contribution in [2.24, 2.45) is 0 Å². The van der Waals surface area contributed by atoms with Crippen LogP contribution in [0, 0.1) is 0 Å². The number of rotatable bonds is 5. The largest absolute Gasteiger partial charge is 0.461 e. The maximum atomic E-state index is 12.2. The maximum Gasteiger partial charge on any atom is 0.330 e. The molecule has 6 heteroatoms. The average Bonchev–Trinajstić information content (AvgIpc) is 2.85. The van der Waals surface area contributed by atoms with Crippen molar-refractivity contribution < 1.29 is 19.1 Å². The van der Waals surface area contributed by atoms with Crippen LogP contribution >= 0.6 is 11.6 Å². The van der Waals surface area contributed by atoms with E-state index in [0.29, 0.717) is 16.1 Å². The van der Waals surface area contributed by atoms with E-state index < -0.39 is 5.97 Å². The molecule has 3 rings (SSSR count). The lowest BCUT2D eigenvalue weighted by atomic mass is 10.1. The molecular weight excluding hydrogens is 342 g/mol. The first kappa shape index (κ1) is 16.9. The van der Waals surface area contributed by atoms with Gasteiger partial charge in [0.15, 0.2) is 0 Å². The highest BCUT2D eigenvalue weighted by atomic mass is 35.5. The van der Waals surface area contributed by atoms with Gasteiger partial charge < -0.3 is 4.74 Å². The lowest BCUT2D eigenvalue weighted by molar-refractivity contribution is -0.137. The molecule has 0 saturated heterocycles. The van der Waals surface area contributed by atoms with Crippen molar-refractivity contribution in [2.75, 3.05) is 13.2 Å². The van der Waals surface area contributed by atoms with Gasteiger partial charge in [-0.25, -0.2) is 4.79 Å². The second kappa shape index (κ2) is 7.32. The summed E-state index contributed by atoms with van der Waals surface area (Å²) >= 11 is 5.86. The fourth-order valence-corrected chi connectivity index (χ4v) is 2.70. The van der Waals surface area contributed by atoms with Crippen molar-refractivity contribution in [2.45, 2.75) is 0 Å². The van der Waals surface area contributed by atoms with Crippen LogP contribution in [0.5, 0.6) is 0 Å². The summed E-state index contributed by atoms with van der Waals surface area (Å²) in [6.07, 6.45) is 2.85. The van der Waals surface area contributed by atoms with Gasteiger partial charge >= 0.3 is 5.97 Å². The van der Waals surface area contributed by atoms with Gasteiger partial charge in [0.05, 0.1) is 17.7 Å². The summed E-state index contributed by atoms with van der Waals surface area (Å²) in [7, 11) is 0. The van der Waals surface area contributed by atoms with Gasteiger partial charge in [-0.3, -0.25) is 14.5 Å². The highest BCUT2D eigenvalue weighted by Crippen LogP contribution is 2.21. The van der Waals surface area contributed by atoms with Crippen LogP contribution in [0.4, 0.5) is 0 Å². The topological polar surface area (TPSA) is 63.7 Å². The molecule has 0 spiro atoms. The molecule has 1 aliphatic rings. The van der Waals surface area contributed by atoms with Crippen LogP contribution in [0.15, 0.2) is 54.6 Å². The average molecular weight is 356 g/mol. The molecule has 0 radical (unpaired) electrons. The Morgan fingerprint density at radius 2 is 1.72 bits per heavy atom. The number of carbonyl (C=O) groups excluding carboxylic acids is 3. The van der Waals surface area contributed by atoms with Crippen molar-refractivity contribution in [1.82, 2.24) is 4.90 Å². The Bertz CT molecular complexity index is 840. The number of hydrogen-bond donors (Lipinski definition) is 0. The van der Waals surface area contributed by atoms with Crippen LogP contribution in [-0.4, -0.2) is 35.8 Å². The molecule has 1 aliphatic heterocycles. The van der Waals surface area contributed by atoms with Crippen molar-refractivity contribution in [1.29, 1.82) is 0 Å². The number of hydrogen-bond acceptors (Lipinski definition) is 4. The SMILES string of the molecule is O=C(/C=C/c1cccc(Cl)c1)OCCN1C(=O)c2ccccc2C1=O. The van der Waals surface area contributed by atoms with Crippen molar-refractivity contribution >= 4 is 35.5 Å². The van der Waals surface area contributed by atoms with Gasteiger partial charge in [0, 0.05) is 11.1 Å². The molecule has 2 aromatic carbocycles. The monoisotopic (exact) mass is 355 g/mol. The Kier molecular flexibility index (Phi) is 4.95. The lowest BCUT2D eigenvalue weighted by Crippen LogP contribution is -2.33. The smallest absolute Gasteiger partial charge is 0.330 e. The molecule has 0 atom stereocenters. The normalized spacial score (nSPS) is 13.4. The van der Waals surface area contributed by atoms with Crippen LogP contribution in [0.2, 0.25) is 5.02 Å². The number of halogens is 1. The zero-order valence-electron chi connectivity index (χ0n) is 13.1. The molecular formula is C19H14ClNO4. The van der Waals surface area contributed by atoms with E-state index in [-0.39, 0.29) is 25.0 Å². The predicted molar refractivity (Wildman–Crippen MR) is 93.3 cm³/mol. The summed E-state index contributed by atoms with van der Waals surface area (Å²) in [4.78, 5) is 37.1. The van der Waals surface area contributed by atoms with Gasteiger partial charge in [0.1, 0.15) is 6.61 Å². The Morgan fingerprint density at radius 1 is 1.04 bits per heavy atom. The Morgan fingerprint density at radius 3 is 2.36 bits per heavy atom. The molecule has 126 valence electrons. The number of nitrogens with zero attached hydrogens (tertiary/aromatic N) is 1. The molecule has 0 unspecified atom stereocenters. The first-order chi connectivity index (χ1) is 12.1.